The van der Waals surface area contributed by atoms with E-state index < -0.39 is 0 Å². The van der Waals surface area contributed by atoms with Gasteiger partial charge in [-0.15, -0.1) is 0 Å². The average molecular weight is 248 g/mol. The van der Waals surface area contributed by atoms with Gasteiger partial charge in [-0.05, 0) is 31.4 Å². The van der Waals surface area contributed by atoms with Gasteiger partial charge in [-0.1, -0.05) is 17.3 Å². The number of rotatable bonds is 3. The molecule has 0 heterocycles. The van der Waals surface area contributed by atoms with Crippen molar-refractivity contribution < 1.29 is 10.0 Å². The maximum atomic E-state index is 11.6. The Morgan fingerprint density at radius 3 is 2.83 bits per heavy atom. The summed E-state index contributed by atoms with van der Waals surface area (Å²) in [6.07, 6.45) is 3.25. The highest BCUT2D eigenvalue weighted by molar-refractivity contribution is 5.99. The van der Waals surface area contributed by atoms with E-state index in [0.29, 0.717) is 11.3 Å². The van der Waals surface area contributed by atoms with E-state index in [1.807, 2.05) is 0 Å². The van der Waals surface area contributed by atoms with Gasteiger partial charge in [0.2, 0.25) is 0 Å². The lowest BCUT2D eigenvalue weighted by Crippen LogP contribution is -2.41. The number of anilines is 1. The zero-order chi connectivity index (χ0) is 13.0. The van der Waals surface area contributed by atoms with E-state index in [0.717, 1.165) is 12.8 Å². The predicted octanol–water partition coefficient (Wildman–Crippen LogP) is 1.46. The maximum Gasteiger partial charge on any atom is 0.319 e. The van der Waals surface area contributed by atoms with Crippen LogP contribution >= 0.6 is 0 Å². The second-order valence-electron chi connectivity index (χ2n) is 4.29. The van der Waals surface area contributed by atoms with Gasteiger partial charge in [0.1, 0.15) is 0 Å². The molecular formula is C12H16N4O2. The van der Waals surface area contributed by atoms with Crippen LogP contribution in [-0.2, 0) is 0 Å². The van der Waals surface area contributed by atoms with Crippen LogP contribution in [-0.4, -0.2) is 23.1 Å². The second kappa shape index (κ2) is 5.39. The third kappa shape index (κ3) is 2.91. The van der Waals surface area contributed by atoms with Gasteiger partial charge in [-0.3, -0.25) is 0 Å². The Kier molecular flexibility index (Phi) is 3.66. The Labute approximate surface area is 105 Å². The lowest BCUT2D eigenvalue weighted by Gasteiger charge is -2.26. The van der Waals surface area contributed by atoms with Crippen molar-refractivity contribution in [2.24, 2.45) is 10.9 Å². The molecule has 1 aromatic rings. The van der Waals surface area contributed by atoms with Crippen molar-refractivity contribution in [3.05, 3.63) is 29.8 Å². The molecule has 0 atom stereocenters. The lowest BCUT2D eigenvalue weighted by molar-refractivity contribution is 0.240. The number of nitrogens with two attached hydrogens (primary N) is 1. The molecule has 0 aliphatic heterocycles. The molecule has 2 rings (SSSR count). The summed E-state index contributed by atoms with van der Waals surface area (Å²) in [5, 5.41) is 17.1. The van der Waals surface area contributed by atoms with Gasteiger partial charge in [-0.25, -0.2) is 4.79 Å². The topological polar surface area (TPSA) is 99.7 Å². The van der Waals surface area contributed by atoms with Gasteiger partial charge in [0.15, 0.2) is 5.84 Å². The molecule has 0 bridgehead atoms. The SMILES string of the molecule is N/C(=N/O)c1cccc(NC(=O)NC2CCC2)c1. The number of hydrogen-bond acceptors (Lipinski definition) is 3. The van der Waals surface area contributed by atoms with E-state index in [4.69, 9.17) is 10.9 Å². The van der Waals surface area contributed by atoms with E-state index >= 15 is 0 Å². The van der Waals surface area contributed by atoms with Crippen LogP contribution in [0.25, 0.3) is 0 Å². The van der Waals surface area contributed by atoms with Gasteiger partial charge >= 0.3 is 6.03 Å². The Morgan fingerprint density at radius 2 is 2.22 bits per heavy atom. The van der Waals surface area contributed by atoms with Crippen LogP contribution in [0.4, 0.5) is 10.5 Å². The fourth-order valence-corrected chi connectivity index (χ4v) is 1.72. The van der Waals surface area contributed by atoms with Crippen molar-refractivity contribution >= 4 is 17.6 Å². The van der Waals surface area contributed by atoms with Crippen LogP contribution in [0, 0.1) is 0 Å². The molecule has 0 saturated heterocycles. The smallest absolute Gasteiger partial charge is 0.319 e. The summed E-state index contributed by atoms with van der Waals surface area (Å²) in [6.45, 7) is 0. The summed E-state index contributed by atoms with van der Waals surface area (Å²) in [4.78, 5) is 11.6. The van der Waals surface area contributed by atoms with E-state index in [2.05, 4.69) is 15.8 Å². The molecule has 0 unspecified atom stereocenters. The van der Waals surface area contributed by atoms with Crippen molar-refractivity contribution in [3.63, 3.8) is 0 Å². The van der Waals surface area contributed by atoms with Crippen LogP contribution in [0.15, 0.2) is 29.4 Å². The molecule has 6 nitrogen and oxygen atoms in total. The van der Waals surface area contributed by atoms with E-state index in [9.17, 15) is 4.79 Å². The minimum Gasteiger partial charge on any atom is -0.409 e. The fourth-order valence-electron chi connectivity index (χ4n) is 1.72. The lowest BCUT2D eigenvalue weighted by atomic mass is 9.93. The first-order valence-corrected chi connectivity index (χ1v) is 5.84. The van der Waals surface area contributed by atoms with Crippen molar-refractivity contribution in [2.45, 2.75) is 25.3 Å². The molecule has 0 spiro atoms. The first-order valence-electron chi connectivity index (χ1n) is 5.84. The van der Waals surface area contributed by atoms with Crippen LogP contribution in [0.5, 0.6) is 0 Å². The fraction of sp³-hybridized carbons (Fsp3) is 0.333. The molecule has 5 N–H and O–H groups in total. The monoisotopic (exact) mass is 248 g/mol. The summed E-state index contributed by atoms with van der Waals surface area (Å²) in [5.41, 5.74) is 6.64. The molecule has 96 valence electrons. The molecule has 1 aliphatic carbocycles. The molecule has 1 aromatic carbocycles. The molecule has 1 fully saturated rings. The number of benzene rings is 1. The van der Waals surface area contributed by atoms with Crippen molar-refractivity contribution in [2.75, 3.05) is 5.32 Å². The van der Waals surface area contributed by atoms with Crippen LogP contribution < -0.4 is 16.4 Å². The number of hydrogen-bond donors (Lipinski definition) is 4. The number of amidine groups is 1. The molecule has 6 heteroatoms. The molecule has 1 aliphatic rings. The number of nitrogens with one attached hydrogen (secondary N) is 2. The number of urea groups is 1. The Morgan fingerprint density at radius 1 is 1.44 bits per heavy atom. The summed E-state index contributed by atoms with van der Waals surface area (Å²) < 4.78 is 0. The zero-order valence-corrected chi connectivity index (χ0v) is 9.89. The molecule has 0 radical (unpaired) electrons. The molecular weight excluding hydrogens is 232 g/mol. The van der Waals surface area contributed by atoms with E-state index in [1.165, 1.54) is 6.42 Å². The number of amides is 2. The average Bonchev–Trinajstić information content (AvgIpc) is 2.33. The molecule has 18 heavy (non-hydrogen) atoms. The Hall–Kier alpha value is -2.24. The van der Waals surface area contributed by atoms with Gasteiger partial charge < -0.3 is 21.6 Å². The standard InChI is InChI=1S/C12H16N4O2/c13-11(16-18)8-3-1-6-10(7-8)15-12(17)14-9-4-2-5-9/h1,3,6-7,9,18H,2,4-5H2,(H2,13,16)(H2,14,15,17). The highest BCUT2D eigenvalue weighted by Crippen LogP contribution is 2.18. The minimum atomic E-state index is -0.226. The largest absolute Gasteiger partial charge is 0.409 e. The zero-order valence-electron chi connectivity index (χ0n) is 9.89. The molecule has 2 amide bonds. The first kappa shape index (κ1) is 12.2. The first-order chi connectivity index (χ1) is 8.69. The summed E-state index contributed by atoms with van der Waals surface area (Å²) in [5.74, 6) is 0.0121. The normalized spacial score (nSPS) is 15.9. The van der Waals surface area contributed by atoms with Crippen LogP contribution in [0.1, 0.15) is 24.8 Å². The summed E-state index contributed by atoms with van der Waals surface area (Å²) in [6, 6.07) is 6.88. The molecule has 1 saturated carbocycles. The van der Waals surface area contributed by atoms with Gasteiger partial charge in [0.25, 0.3) is 0 Å². The van der Waals surface area contributed by atoms with Crippen molar-refractivity contribution in [3.8, 4) is 0 Å². The highest BCUT2D eigenvalue weighted by atomic mass is 16.4. The van der Waals surface area contributed by atoms with E-state index in [-0.39, 0.29) is 17.9 Å². The Balaban J connectivity index is 1.97. The highest BCUT2D eigenvalue weighted by Gasteiger charge is 2.19. The number of oxime groups is 1. The van der Waals surface area contributed by atoms with Gasteiger partial charge in [0.05, 0.1) is 0 Å². The third-order valence-electron chi connectivity index (χ3n) is 2.96. The van der Waals surface area contributed by atoms with Crippen molar-refractivity contribution in [1.82, 2.24) is 5.32 Å². The third-order valence-corrected chi connectivity index (χ3v) is 2.96. The summed E-state index contributed by atoms with van der Waals surface area (Å²) in [7, 11) is 0. The number of nitrogens with zero attached hydrogens (tertiary/aromatic N) is 1. The molecule has 0 aromatic heterocycles. The second-order valence-corrected chi connectivity index (χ2v) is 4.29. The Bertz CT molecular complexity index is 469. The minimum absolute atomic E-state index is 0.0121. The van der Waals surface area contributed by atoms with Crippen LogP contribution in [0.3, 0.4) is 0 Å². The van der Waals surface area contributed by atoms with Gasteiger partial charge in [-0.2, -0.15) is 0 Å². The number of carbonyl (C=O) groups is 1. The van der Waals surface area contributed by atoms with Crippen LogP contribution in [0.2, 0.25) is 0 Å². The van der Waals surface area contributed by atoms with Gasteiger partial charge in [0, 0.05) is 17.3 Å². The quantitative estimate of drug-likeness (QED) is 0.282. The predicted molar refractivity (Wildman–Crippen MR) is 68.7 cm³/mol. The van der Waals surface area contributed by atoms with E-state index in [1.54, 1.807) is 24.3 Å². The summed E-state index contributed by atoms with van der Waals surface area (Å²) >= 11 is 0. The van der Waals surface area contributed by atoms with Crippen molar-refractivity contribution in [1.29, 1.82) is 0 Å². The maximum absolute atomic E-state index is 11.6. The number of carbonyl (C=O) groups excluding carboxylic acids is 1.